The van der Waals surface area contributed by atoms with Crippen LogP contribution < -0.4 is 5.32 Å². The second-order valence-electron chi connectivity index (χ2n) is 4.52. The van der Waals surface area contributed by atoms with E-state index >= 15 is 0 Å². The topological polar surface area (TPSA) is 24.9 Å². The summed E-state index contributed by atoms with van der Waals surface area (Å²) in [5, 5.41) is 6.60. The predicted octanol–water partition coefficient (Wildman–Crippen LogP) is 3.93. The van der Waals surface area contributed by atoms with Crippen molar-refractivity contribution in [2.24, 2.45) is 0 Å². The van der Waals surface area contributed by atoms with Crippen LogP contribution in [0.3, 0.4) is 0 Å². The lowest BCUT2D eigenvalue weighted by Crippen LogP contribution is -2.31. The van der Waals surface area contributed by atoms with Gasteiger partial charge in [-0.2, -0.15) is 0 Å². The largest absolute Gasteiger partial charge is 0.310 e. The van der Waals surface area contributed by atoms with Gasteiger partial charge in [0.05, 0.1) is 6.20 Å². The first-order valence-electron chi connectivity index (χ1n) is 5.43. The zero-order valence-electron chi connectivity index (χ0n) is 9.87. The molecule has 0 saturated carbocycles. The Hall–Kier alpha value is -0.420. The Kier molecular flexibility index (Phi) is 4.20. The van der Waals surface area contributed by atoms with Crippen molar-refractivity contribution in [2.45, 2.75) is 25.8 Å². The Bertz CT molecular complexity index is 463. The maximum atomic E-state index is 5.84. The van der Waals surface area contributed by atoms with E-state index in [2.05, 4.69) is 41.7 Å². The summed E-state index contributed by atoms with van der Waals surface area (Å²) < 4.78 is 0.749. The van der Waals surface area contributed by atoms with Gasteiger partial charge in [-0.25, -0.2) is 4.98 Å². The molecule has 0 fully saturated rings. The molecule has 0 unspecified atom stereocenters. The average molecular weight is 287 g/mol. The van der Waals surface area contributed by atoms with Gasteiger partial charge in [0.15, 0.2) is 0 Å². The van der Waals surface area contributed by atoms with Gasteiger partial charge in [0.25, 0.3) is 0 Å². The zero-order valence-corrected chi connectivity index (χ0v) is 12.3. The second-order valence-corrected chi connectivity index (χ2v) is 7.22. The molecule has 2 rings (SSSR count). The molecule has 0 aromatic carbocycles. The lowest BCUT2D eigenvalue weighted by Gasteiger charge is -2.23. The van der Waals surface area contributed by atoms with Gasteiger partial charge in [0.1, 0.15) is 9.34 Å². The van der Waals surface area contributed by atoms with E-state index < -0.39 is 0 Å². The fraction of sp³-hybridized carbons (Fsp3) is 0.417. The molecule has 0 aliphatic heterocycles. The van der Waals surface area contributed by atoms with Crippen molar-refractivity contribution in [2.75, 3.05) is 6.54 Å². The van der Waals surface area contributed by atoms with Crippen LogP contribution in [-0.2, 0) is 12.0 Å². The summed E-state index contributed by atoms with van der Waals surface area (Å²) in [7, 11) is 0. The van der Waals surface area contributed by atoms with Crippen LogP contribution in [0.4, 0.5) is 0 Å². The van der Waals surface area contributed by atoms with Crippen LogP contribution >= 0.6 is 34.3 Å². The van der Waals surface area contributed by atoms with Crippen LogP contribution in [0, 0.1) is 0 Å². The molecule has 0 amide bonds. The molecule has 1 N–H and O–H groups in total. The smallest absolute Gasteiger partial charge is 0.113 e. The number of halogens is 1. The highest BCUT2D eigenvalue weighted by atomic mass is 35.5. The van der Waals surface area contributed by atoms with Crippen LogP contribution in [0.15, 0.2) is 23.7 Å². The van der Waals surface area contributed by atoms with Crippen LogP contribution in [0.25, 0.3) is 0 Å². The first kappa shape index (κ1) is 13.0. The third kappa shape index (κ3) is 3.52. The third-order valence-corrected chi connectivity index (χ3v) is 4.91. The molecule has 92 valence electrons. The van der Waals surface area contributed by atoms with Gasteiger partial charge < -0.3 is 5.32 Å². The van der Waals surface area contributed by atoms with E-state index in [-0.39, 0.29) is 5.41 Å². The molecule has 17 heavy (non-hydrogen) atoms. The molecule has 0 radical (unpaired) electrons. The summed E-state index contributed by atoms with van der Waals surface area (Å²) in [4.78, 5) is 5.63. The summed E-state index contributed by atoms with van der Waals surface area (Å²) in [6.45, 7) is 6.22. The molecule has 0 aliphatic carbocycles. The van der Waals surface area contributed by atoms with Crippen molar-refractivity contribution < 1.29 is 0 Å². The van der Waals surface area contributed by atoms with Gasteiger partial charge >= 0.3 is 0 Å². The Balaban J connectivity index is 1.86. The van der Waals surface area contributed by atoms with Crippen LogP contribution in [0.1, 0.15) is 23.7 Å². The van der Waals surface area contributed by atoms with E-state index in [0.717, 1.165) is 22.4 Å². The molecule has 2 nitrogen and oxygen atoms in total. The number of rotatable bonds is 5. The predicted molar refractivity (Wildman–Crippen MR) is 76.2 cm³/mol. The second kappa shape index (κ2) is 5.48. The van der Waals surface area contributed by atoms with Crippen molar-refractivity contribution in [3.05, 3.63) is 37.9 Å². The van der Waals surface area contributed by atoms with Crippen LogP contribution in [0.2, 0.25) is 4.34 Å². The normalized spacial score (nSPS) is 11.9. The van der Waals surface area contributed by atoms with Crippen molar-refractivity contribution >= 4 is 34.3 Å². The summed E-state index contributed by atoms with van der Waals surface area (Å²) in [5.74, 6) is 0. The molecule has 2 heterocycles. The molecule has 0 bridgehead atoms. The first-order valence-corrected chi connectivity index (χ1v) is 7.50. The SMILES string of the molecule is CC(C)(CNCc1ncc(Cl)s1)c1cccs1. The number of nitrogens with zero attached hydrogens (tertiary/aromatic N) is 1. The van der Waals surface area contributed by atoms with Crippen LogP contribution in [-0.4, -0.2) is 11.5 Å². The number of aromatic nitrogens is 1. The van der Waals surface area contributed by atoms with Crippen LogP contribution in [0.5, 0.6) is 0 Å². The van der Waals surface area contributed by atoms with E-state index in [1.54, 1.807) is 17.5 Å². The van der Waals surface area contributed by atoms with Gasteiger partial charge in [0.2, 0.25) is 0 Å². The van der Waals surface area contributed by atoms with Crippen molar-refractivity contribution in [3.63, 3.8) is 0 Å². The van der Waals surface area contributed by atoms with E-state index in [4.69, 9.17) is 11.6 Å². The Morgan fingerprint density at radius 1 is 1.47 bits per heavy atom. The number of thiophene rings is 1. The number of thiazole rings is 1. The van der Waals surface area contributed by atoms with Gasteiger partial charge in [-0.15, -0.1) is 22.7 Å². The first-order chi connectivity index (χ1) is 8.08. The Morgan fingerprint density at radius 2 is 2.29 bits per heavy atom. The monoisotopic (exact) mass is 286 g/mol. The van der Waals surface area contributed by atoms with Crippen molar-refractivity contribution in [1.29, 1.82) is 0 Å². The minimum Gasteiger partial charge on any atom is -0.310 e. The molecule has 5 heteroatoms. The molecule has 2 aromatic rings. The lowest BCUT2D eigenvalue weighted by molar-refractivity contribution is 0.476. The maximum absolute atomic E-state index is 5.84. The molecular formula is C12H15ClN2S2. The lowest BCUT2D eigenvalue weighted by atomic mass is 9.91. The van der Waals surface area contributed by atoms with Crippen molar-refractivity contribution in [3.8, 4) is 0 Å². The van der Waals surface area contributed by atoms with E-state index in [9.17, 15) is 0 Å². The minimum atomic E-state index is 0.162. The van der Waals surface area contributed by atoms with Gasteiger partial charge in [0, 0.05) is 23.4 Å². The highest BCUT2D eigenvalue weighted by Crippen LogP contribution is 2.26. The quantitative estimate of drug-likeness (QED) is 0.901. The maximum Gasteiger partial charge on any atom is 0.113 e. The van der Waals surface area contributed by atoms with Gasteiger partial charge in [-0.05, 0) is 11.4 Å². The summed E-state index contributed by atoms with van der Waals surface area (Å²) in [5.41, 5.74) is 0.162. The fourth-order valence-electron chi connectivity index (χ4n) is 1.60. The number of hydrogen-bond donors (Lipinski definition) is 1. The van der Waals surface area contributed by atoms with Gasteiger partial charge in [-0.3, -0.25) is 0 Å². The summed E-state index contributed by atoms with van der Waals surface area (Å²) in [6, 6.07) is 4.29. The van der Waals surface area contributed by atoms with Crippen molar-refractivity contribution in [1.82, 2.24) is 10.3 Å². The number of hydrogen-bond acceptors (Lipinski definition) is 4. The third-order valence-electron chi connectivity index (χ3n) is 2.56. The average Bonchev–Trinajstić information content (AvgIpc) is 2.89. The molecule has 0 aliphatic rings. The Labute approximate surface area is 115 Å². The van der Waals surface area contributed by atoms with E-state index in [1.807, 2.05) is 0 Å². The number of nitrogens with one attached hydrogen (secondary N) is 1. The standard InChI is InChI=1S/C12H15ClN2S2/c1-12(2,9-4-3-5-16-9)8-14-7-11-15-6-10(13)17-11/h3-6,14H,7-8H2,1-2H3. The molecule has 2 aromatic heterocycles. The van der Waals surface area contributed by atoms with E-state index in [0.29, 0.717) is 0 Å². The highest BCUT2D eigenvalue weighted by Gasteiger charge is 2.21. The Morgan fingerprint density at radius 3 is 2.88 bits per heavy atom. The minimum absolute atomic E-state index is 0.162. The molecule has 0 saturated heterocycles. The molecule has 0 atom stereocenters. The highest BCUT2D eigenvalue weighted by molar-refractivity contribution is 7.15. The molecule has 0 spiro atoms. The van der Waals surface area contributed by atoms with E-state index in [1.165, 1.54) is 16.2 Å². The molecular weight excluding hydrogens is 272 g/mol. The summed E-state index contributed by atoms with van der Waals surface area (Å²) >= 11 is 9.18. The zero-order chi connectivity index (χ0) is 12.3. The van der Waals surface area contributed by atoms with Gasteiger partial charge in [-0.1, -0.05) is 31.5 Å². The fourth-order valence-corrected chi connectivity index (χ4v) is 3.38. The summed E-state index contributed by atoms with van der Waals surface area (Å²) in [6.07, 6.45) is 1.70.